The van der Waals surface area contributed by atoms with Gasteiger partial charge in [0.1, 0.15) is 5.75 Å². The average molecular weight is 467 g/mol. The monoisotopic (exact) mass is 467 g/mol. The SMILES string of the molecule is CC/C(=N/NC(=O)c1cccc(S(=O)(=O)N2CCOCC2)c1)c1ccc(OC(F)F)cc1. The summed E-state index contributed by atoms with van der Waals surface area (Å²) in [6.07, 6.45) is 0.459. The minimum Gasteiger partial charge on any atom is -0.435 e. The zero-order chi connectivity index (χ0) is 23.1. The Kier molecular flexibility index (Phi) is 7.89. The molecule has 0 atom stereocenters. The Morgan fingerprint density at radius 1 is 1.16 bits per heavy atom. The first kappa shape index (κ1) is 23.8. The molecule has 2 aromatic carbocycles. The molecule has 1 aliphatic rings. The largest absolute Gasteiger partial charge is 0.435 e. The highest BCUT2D eigenvalue weighted by atomic mass is 32.2. The molecule has 8 nitrogen and oxygen atoms in total. The zero-order valence-corrected chi connectivity index (χ0v) is 18.1. The molecule has 1 N–H and O–H groups in total. The average Bonchev–Trinajstić information content (AvgIpc) is 2.80. The molecule has 2 aromatic rings. The number of morpholine rings is 1. The Hall–Kier alpha value is -2.89. The van der Waals surface area contributed by atoms with E-state index in [1.54, 1.807) is 12.1 Å². The fourth-order valence-corrected chi connectivity index (χ4v) is 4.55. The van der Waals surface area contributed by atoms with E-state index in [-0.39, 0.29) is 29.3 Å². The first-order valence-electron chi connectivity index (χ1n) is 9.91. The van der Waals surface area contributed by atoms with Gasteiger partial charge in [-0.1, -0.05) is 13.0 Å². The summed E-state index contributed by atoms with van der Waals surface area (Å²) in [6.45, 7) is 0.0621. The second-order valence-electron chi connectivity index (χ2n) is 6.80. The van der Waals surface area contributed by atoms with E-state index in [0.717, 1.165) is 0 Å². The first-order valence-corrected chi connectivity index (χ1v) is 11.4. The third-order valence-electron chi connectivity index (χ3n) is 4.74. The molecule has 1 fully saturated rings. The van der Waals surface area contributed by atoms with Crippen molar-refractivity contribution in [2.24, 2.45) is 5.10 Å². The van der Waals surface area contributed by atoms with Gasteiger partial charge in [-0.05, 0) is 54.4 Å². The van der Waals surface area contributed by atoms with Crippen LogP contribution in [0.2, 0.25) is 0 Å². The van der Waals surface area contributed by atoms with Crippen molar-refractivity contribution in [1.29, 1.82) is 0 Å². The lowest BCUT2D eigenvalue weighted by molar-refractivity contribution is -0.0498. The van der Waals surface area contributed by atoms with Gasteiger partial charge in [-0.2, -0.15) is 18.2 Å². The van der Waals surface area contributed by atoms with Crippen LogP contribution < -0.4 is 10.2 Å². The molecule has 0 aromatic heterocycles. The minimum absolute atomic E-state index is 0.0152. The van der Waals surface area contributed by atoms with Crippen molar-refractivity contribution in [1.82, 2.24) is 9.73 Å². The van der Waals surface area contributed by atoms with Crippen molar-refractivity contribution in [2.75, 3.05) is 26.3 Å². The highest BCUT2D eigenvalue weighted by Crippen LogP contribution is 2.19. The quantitative estimate of drug-likeness (QED) is 0.476. The summed E-state index contributed by atoms with van der Waals surface area (Å²) in [5.41, 5.74) is 3.70. The Labute approximate surface area is 184 Å². The number of sulfonamides is 1. The number of benzene rings is 2. The summed E-state index contributed by atoms with van der Waals surface area (Å²) in [4.78, 5) is 12.6. The van der Waals surface area contributed by atoms with Crippen LogP contribution in [0.1, 0.15) is 29.3 Å². The molecular formula is C21H23F2N3O5S. The highest BCUT2D eigenvalue weighted by Gasteiger charge is 2.26. The van der Waals surface area contributed by atoms with E-state index in [2.05, 4.69) is 15.3 Å². The number of nitrogens with zero attached hydrogens (tertiary/aromatic N) is 2. The maximum absolute atomic E-state index is 12.8. The summed E-state index contributed by atoms with van der Waals surface area (Å²) in [5, 5.41) is 4.11. The number of carbonyl (C=O) groups excluding carboxylic acids is 1. The number of alkyl halides is 2. The predicted molar refractivity (Wildman–Crippen MR) is 113 cm³/mol. The van der Waals surface area contributed by atoms with Gasteiger partial charge in [-0.15, -0.1) is 0 Å². The van der Waals surface area contributed by atoms with Crippen LogP contribution in [0, 0.1) is 0 Å². The predicted octanol–water partition coefficient (Wildman–Crippen LogP) is 2.85. The molecule has 11 heteroatoms. The summed E-state index contributed by atoms with van der Waals surface area (Å²) in [6, 6.07) is 11.6. The number of hydrogen-bond donors (Lipinski definition) is 1. The lowest BCUT2D eigenvalue weighted by Gasteiger charge is -2.26. The van der Waals surface area contributed by atoms with E-state index in [1.165, 1.54) is 40.7 Å². The van der Waals surface area contributed by atoms with Crippen LogP contribution in [0.3, 0.4) is 0 Å². The number of halogens is 2. The molecule has 0 bridgehead atoms. The fourth-order valence-electron chi connectivity index (χ4n) is 3.09. The molecule has 0 saturated carbocycles. The van der Waals surface area contributed by atoms with Crippen LogP contribution in [0.5, 0.6) is 5.75 Å². The van der Waals surface area contributed by atoms with E-state index in [0.29, 0.717) is 30.9 Å². The molecule has 1 amide bonds. The molecule has 3 rings (SSSR count). The number of hydrazone groups is 1. The number of ether oxygens (including phenoxy) is 2. The zero-order valence-electron chi connectivity index (χ0n) is 17.3. The van der Waals surface area contributed by atoms with Gasteiger partial charge < -0.3 is 9.47 Å². The second kappa shape index (κ2) is 10.6. The molecule has 0 radical (unpaired) electrons. The summed E-state index contributed by atoms with van der Waals surface area (Å²) in [5.74, 6) is -0.561. The Morgan fingerprint density at radius 2 is 1.84 bits per heavy atom. The van der Waals surface area contributed by atoms with Crippen molar-refractivity contribution < 1.29 is 31.5 Å². The number of nitrogens with one attached hydrogen (secondary N) is 1. The molecule has 0 spiro atoms. The lowest BCUT2D eigenvalue weighted by atomic mass is 10.1. The third-order valence-corrected chi connectivity index (χ3v) is 6.64. The Morgan fingerprint density at radius 3 is 2.47 bits per heavy atom. The van der Waals surface area contributed by atoms with Crippen LogP contribution in [-0.2, 0) is 14.8 Å². The van der Waals surface area contributed by atoms with Gasteiger partial charge in [-0.25, -0.2) is 13.8 Å². The summed E-state index contributed by atoms with van der Waals surface area (Å²) >= 11 is 0. The van der Waals surface area contributed by atoms with Crippen LogP contribution in [0.4, 0.5) is 8.78 Å². The molecule has 1 aliphatic heterocycles. The standard InChI is InChI=1S/C21H23F2N3O5S/c1-2-19(15-6-8-17(9-7-15)31-21(22)23)24-25-20(27)16-4-3-5-18(14-16)32(28,29)26-10-12-30-13-11-26/h3-9,14,21H,2,10-13H2,1H3,(H,25,27)/b24-19-. The number of rotatable bonds is 8. The molecule has 32 heavy (non-hydrogen) atoms. The van der Waals surface area contributed by atoms with Gasteiger partial charge in [0, 0.05) is 18.7 Å². The molecule has 1 saturated heterocycles. The van der Waals surface area contributed by atoms with Crippen LogP contribution in [0.25, 0.3) is 0 Å². The summed E-state index contributed by atoms with van der Waals surface area (Å²) in [7, 11) is -3.74. The Balaban J connectivity index is 1.73. The minimum atomic E-state index is -3.74. The molecule has 1 heterocycles. The normalized spacial score (nSPS) is 15.6. The lowest BCUT2D eigenvalue weighted by Crippen LogP contribution is -2.40. The second-order valence-corrected chi connectivity index (χ2v) is 8.74. The van der Waals surface area contributed by atoms with Crippen LogP contribution >= 0.6 is 0 Å². The smallest absolute Gasteiger partial charge is 0.387 e. The number of carbonyl (C=O) groups is 1. The van der Waals surface area contributed by atoms with Crippen LogP contribution in [-0.4, -0.2) is 57.3 Å². The third kappa shape index (κ3) is 5.87. The van der Waals surface area contributed by atoms with Gasteiger partial charge in [-0.3, -0.25) is 4.79 Å². The van der Waals surface area contributed by atoms with E-state index >= 15 is 0 Å². The molecule has 0 aliphatic carbocycles. The van der Waals surface area contributed by atoms with Gasteiger partial charge in [0.15, 0.2) is 0 Å². The van der Waals surface area contributed by atoms with E-state index < -0.39 is 22.5 Å². The fraction of sp³-hybridized carbons (Fsp3) is 0.333. The topological polar surface area (TPSA) is 97.3 Å². The van der Waals surface area contributed by atoms with E-state index in [4.69, 9.17) is 4.74 Å². The maximum Gasteiger partial charge on any atom is 0.387 e. The highest BCUT2D eigenvalue weighted by molar-refractivity contribution is 7.89. The van der Waals surface area contributed by atoms with Gasteiger partial charge in [0.2, 0.25) is 10.0 Å². The van der Waals surface area contributed by atoms with Crippen molar-refractivity contribution in [3.63, 3.8) is 0 Å². The Bertz CT molecular complexity index is 1070. The van der Waals surface area contributed by atoms with Crippen molar-refractivity contribution >= 4 is 21.6 Å². The number of hydrogen-bond acceptors (Lipinski definition) is 6. The molecule has 0 unspecified atom stereocenters. The van der Waals surface area contributed by atoms with Crippen LogP contribution in [0.15, 0.2) is 58.5 Å². The maximum atomic E-state index is 12.8. The van der Waals surface area contributed by atoms with Crippen molar-refractivity contribution in [2.45, 2.75) is 24.9 Å². The van der Waals surface area contributed by atoms with E-state index in [1.807, 2.05) is 6.92 Å². The summed E-state index contributed by atoms with van der Waals surface area (Å²) < 4.78 is 61.0. The van der Waals surface area contributed by atoms with Gasteiger partial charge >= 0.3 is 6.61 Å². The van der Waals surface area contributed by atoms with Crippen molar-refractivity contribution in [3.8, 4) is 5.75 Å². The number of amides is 1. The molecular weight excluding hydrogens is 444 g/mol. The van der Waals surface area contributed by atoms with Gasteiger partial charge in [0.05, 0.1) is 23.8 Å². The van der Waals surface area contributed by atoms with E-state index in [9.17, 15) is 22.0 Å². The molecule has 172 valence electrons. The first-order chi connectivity index (χ1) is 15.3. The van der Waals surface area contributed by atoms with Crippen molar-refractivity contribution in [3.05, 3.63) is 59.7 Å². The van der Waals surface area contributed by atoms with Gasteiger partial charge in [0.25, 0.3) is 5.91 Å².